The van der Waals surface area contributed by atoms with E-state index < -0.39 is 0 Å². The Balaban J connectivity index is -0.000000183. The topological polar surface area (TPSA) is 58.2 Å². The van der Waals surface area contributed by atoms with Gasteiger partial charge in [0.25, 0.3) is 0 Å². The number of carbonyl (C=O) groups is 2. The van der Waals surface area contributed by atoms with Crippen molar-refractivity contribution in [2.45, 2.75) is 19.8 Å². The molecule has 0 atom stereocenters. The number of halogens is 2. The fourth-order valence-corrected chi connectivity index (χ4v) is 1.74. The third-order valence-electron chi connectivity index (χ3n) is 3.17. The average Bonchev–Trinajstić information content (AvgIpc) is 2.46. The van der Waals surface area contributed by atoms with Crippen LogP contribution in [0.4, 0.5) is 0 Å². The van der Waals surface area contributed by atoms with Crippen LogP contribution in [-0.4, -0.2) is 89.2 Å². The van der Waals surface area contributed by atoms with E-state index in [9.17, 15) is 9.59 Å². The number of carbonyl (C=O) groups excluding carboxylic acids is 2. The van der Waals surface area contributed by atoms with E-state index >= 15 is 0 Å². The Hall–Kier alpha value is -1.08. The highest BCUT2D eigenvalue weighted by atomic mass is 35.5. The maximum Gasteiger partial charge on any atom is 0.246 e. The maximum atomic E-state index is 11.1. The van der Waals surface area contributed by atoms with Crippen LogP contribution in [0.2, 0.25) is 0 Å². The molecule has 0 fully saturated rings. The summed E-state index contributed by atoms with van der Waals surface area (Å²) in [6.45, 7) is 12.3. The van der Waals surface area contributed by atoms with Crippen LogP contribution >= 0.6 is 0 Å². The minimum atomic E-state index is -0.0867. The summed E-state index contributed by atoms with van der Waals surface area (Å²) in [7, 11) is 12.8. The number of hydrogen-bond acceptors (Lipinski definition) is 2. The van der Waals surface area contributed by atoms with E-state index in [1.165, 1.54) is 6.08 Å². The Bertz CT molecular complexity index is 442. The Morgan fingerprint density at radius 1 is 0.852 bits per heavy atom. The van der Waals surface area contributed by atoms with Gasteiger partial charge in [0.15, 0.2) is 0 Å². The molecule has 0 radical (unpaired) electrons. The molecule has 2 N–H and O–H groups in total. The predicted octanol–water partition coefficient (Wildman–Crippen LogP) is -4.83. The quantitative estimate of drug-likeness (QED) is 0.209. The summed E-state index contributed by atoms with van der Waals surface area (Å²) in [6.07, 6.45) is 3.30. The summed E-state index contributed by atoms with van der Waals surface area (Å²) in [6, 6.07) is 0. The minimum absolute atomic E-state index is 0. The van der Waals surface area contributed by atoms with Crippen LogP contribution in [0.25, 0.3) is 0 Å². The maximum absolute atomic E-state index is 11.1. The molecule has 0 aromatic carbocycles. The van der Waals surface area contributed by atoms with Crippen molar-refractivity contribution in [3.8, 4) is 0 Å². The molecule has 0 aromatic heterocycles. The van der Waals surface area contributed by atoms with E-state index in [1.807, 2.05) is 0 Å². The van der Waals surface area contributed by atoms with Crippen LogP contribution in [-0.2, 0) is 9.59 Å². The average molecular weight is 427 g/mol. The molecule has 8 heteroatoms. The molecule has 0 aromatic rings. The van der Waals surface area contributed by atoms with Crippen LogP contribution in [0.15, 0.2) is 24.8 Å². The van der Waals surface area contributed by atoms with Crippen molar-refractivity contribution >= 4 is 11.8 Å². The second-order valence-corrected chi connectivity index (χ2v) is 8.27. The molecule has 0 saturated carbocycles. The first kappa shape index (κ1) is 33.5. The molecule has 0 unspecified atom stereocenters. The van der Waals surface area contributed by atoms with Crippen LogP contribution in [0.5, 0.6) is 0 Å². The molecule has 27 heavy (non-hydrogen) atoms. The van der Waals surface area contributed by atoms with Crippen molar-refractivity contribution in [2.75, 3.05) is 68.5 Å². The van der Waals surface area contributed by atoms with Crippen molar-refractivity contribution < 1.29 is 43.4 Å². The normalized spacial score (nSPS) is 10.2. The van der Waals surface area contributed by atoms with Gasteiger partial charge in [0.2, 0.25) is 11.8 Å². The van der Waals surface area contributed by atoms with E-state index in [0.717, 1.165) is 48.0 Å². The van der Waals surface area contributed by atoms with Crippen molar-refractivity contribution in [1.82, 2.24) is 10.6 Å². The van der Waals surface area contributed by atoms with Gasteiger partial charge in [0.1, 0.15) is 0 Å². The Morgan fingerprint density at radius 2 is 1.22 bits per heavy atom. The van der Waals surface area contributed by atoms with E-state index in [1.54, 1.807) is 6.92 Å². The summed E-state index contributed by atoms with van der Waals surface area (Å²) in [5.74, 6) is -0.127. The second-order valence-electron chi connectivity index (χ2n) is 8.27. The molecule has 0 spiro atoms. The Kier molecular flexibility index (Phi) is 21.2. The van der Waals surface area contributed by atoms with Gasteiger partial charge < -0.3 is 44.4 Å². The van der Waals surface area contributed by atoms with Crippen molar-refractivity contribution in [1.29, 1.82) is 0 Å². The minimum Gasteiger partial charge on any atom is -1.00 e. The van der Waals surface area contributed by atoms with Gasteiger partial charge in [-0.15, -0.1) is 0 Å². The van der Waals surface area contributed by atoms with Crippen LogP contribution in [0.1, 0.15) is 19.8 Å². The number of nitrogens with one attached hydrogen (secondary N) is 2. The first-order valence-corrected chi connectivity index (χ1v) is 8.73. The summed E-state index contributed by atoms with van der Waals surface area (Å²) in [5.41, 5.74) is 0.574. The first-order valence-electron chi connectivity index (χ1n) is 8.73. The van der Waals surface area contributed by atoms with Gasteiger partial charge in [0.05, 0.1) is 55.4 Å². The molecule has 0 aliphatic carbocycles. The number of amides is 2. The molecule has 0 aliphatic rings. The molecule has 0 aliphatic heterocycles. The molecule has 0 rings (SSSR count). The zero-order chi connectivity index (χ0) is 20.1. The third-order valence-corrected chi connectivity index (χ3v) is 3.17. The third kappa shape index (κ3) is 29.9. The molecule has 6 nitrogen and oxygen atoms in total. The molecule has 2 amide bonds. The molecule has 0 bridgehead atoms. The van der Waals surface area contributed by atoms with Crippen LogP contribution < -0.4 is 35.4 Å². The highest BCUT2D eigenvalue weighted by Gasteiger charge is 2.07. The largest absolute Gasteiger partial charge is 1.00 e. The summed E-state index contributed by atoms with van der Waals surface area (Å²) in [4.78, 5) is 21.8. The van der Waals surface area contributed by atoms with Gasteiger partial charge >= 0.3 is 0 Å². The van der Waals surface area contributed by atoms with E-state index in [2.05, 4.69) is 66.1 Å². The van der Waals surface area contributed by atoms with Gasteiger partial charge in [-0.25, -0.2) is 0 Å². The summed E-state index contributed by atoms with van der Waals surface area (Å²) < 4.78 is 1.87. The summed E-state index contributed by atoms with van der Waals surface area (Å²) in [5, 5.41) is 5.54. The predicted molar refractivity (Wildman–Crippen MR) is 106 cm³/mol. The van der Waals surface area contributed by atoms with Gasteiger partial charge in [-0.3, -0.25) is 9.59 Å². The van der Waals surface area contributed by atoms with Gasteiger partial charge in [-0.2, -0.15) is 0 Å². The van der Waals surface area contributed by atoms with Crippen LogP contribution in [0, 0.1) is 0 Å². The van der Waals surface area contributed by atoms with Crippen molar-refractivity contribution in [3.63, 3.8) is 0 Å². The molecule has 162 valence electrons. The zero-order valence-corrected chi connectivity index (χ0v) is 19.7. The number of hydrogen-bond donors (Lipinski definition) is 2. The lowest BCUT2D eigenvalue weighted by atomic mass is 10.3. The van der Waals surface area contributed by atoms with Gasteiger partial charge in [-0.1, -0.05) is 13.2 Å². The Morgan fingerprint density at radius 3 is 1.52 bits per heavy atom. The van der Waals surface area contributed by atoms with Gasteiger partial charge in [0, 0.05) is 31.5 Å². The van der Waals surface area contributed by atoms with E-state index in [-0.39, 0.29) is 36.6 Å². The lowest BCUT2D eigenvalue weighted by molar-refractivity contribution is -0.870. The van der Waals surface area contributed by atoms with E-state index in [4.69, 9.17) is 0 Å². The number of nitrogens with zero attached hydrogens (tertiary/aromatic N) is 2. The first-order chi connectivity index (χ1) is 11.3. The molecule has 0 heterocycles. The lowest BCUT2D eigenvalue weighted by Gasteiger charge is -2.23. The monoisotopic (exact) mass is 426 g/mol. The fraction of sp³-hybridized carbons (Fsp3) is 0.684. The smallest absolute Gasteiger partial charge is 0.246 e. The summed E-state index contributed by atoms with van der Waals surface area (Å²) >= 11 is 0. The highest BCUT2D eigenvalue weighted by molar-refractivity contribution is 5.92. The molecular formula is C19H40Cl2N4O2. The van der Waals surface area contributed by atoms with Gasteiger partial charge in [-0.05, 0) is 13.0 Å². The Labute approximate surface area is 179 Å². The zero-order valence-electron chi connectivity index (χ0n) is 18.2. The van der Waals surface area contributed by atoms with E-state index in [0.29, 0.717) is 5.57 Å². The number of rotatable bonds is 10. The van der Waals surface area contributed by atoms with Crippen molar-refractivity contribution in [2.24, 2.45) is 0 Å². The standard InChI is InChI=1S/C10H20N2O.C9H18N2O.2ClH/c1-9(2)10(13)11-7-6-8-12(3,4)5;1-5-9(12)10-7-6-8-11(2,3)4;;/h1,6-8H2,2-5H3;5H,1,6-8H2,2-4H3;2*1H. The second kappa shape index (κ2) is 17.0. The molecule has 0 saturated heterocycles. The lowest BCUT2D eigenvalue weighted by Crippen LogP contribution is -3.00. The SMILES string of the molecule is C=C(C)C(=O)NCCC[N+](C)(C)C.C=CC(=O)NCCC[N+](C)(C)C.[Cl-].[Cl-]. The van der Waals surface area contributed by atoms with Crippen molar-refractivity contribution in [3.05, 3.63) is 24.8 Å². The fourth-order valence-electron chi connectivity index (χ4n) is 1.74. The highest BCUT2D eigenvalue weighted by Crippen LogP contribution is 1.93. The van der Waals surface area contributed by atoms with Crippen LogP contribution in [0.3, 0.4) is 0 Å². The molecular weight excluding hydrogens is 387 g/mol. The number of quaternary nitrogens is 2.